The van der Waals surface area contributed by atoms with E-state index in [-0.39, 0.29) is 6.04 Å². The number of thiazole rings is 1. The van der Waals surface area contributed by atoms with E-state index in [0.29, 0.717) is 0 Å². The fraction of sp³-hybridized carbons (Fsp3) is 0.467. The molecule has 0 aliphatic heterocycles. The summed E-state index contributed by atoms with van der Waals surface area (Å²) in [4.78, 5) is 10.4. The van der Waals surface area contributed by atoms with Gasteiger partial charge in [-0.1, -0.05) is 0 Å². The third kappa shape index (κ3) is 2.10. The molecule has 0 bridgehead atoms. The average Bonchev–Trinajstić information content (AvgIpc) is 3.13. The van der Waals surface area contributed by atoms with Gasteiger partial charge in [0, 0.05) is 29.7 Å². The predicted molar refractivity (Wildman–Crippen MR) is 84.2 cm³/mol. The summed E-state index contributed by atoms with van der Waals surface area (Å²) in [6, 6.07) is 0.114. The van der Waals surface area contributed by atoms with Crippen molar-refractivity contribution in [3.63, 3.8) is 0 Å². The predicted octanol–water partition coefficient (Wildman–Crippen LogP) is 2.35. The molecular formula is C15H19N5S. The maximum Gasteiger partial charge on any atom is 0.195 e. The van der Waals surface area contributed by atoms with Gasteiger partial charge in [-0.05, 0) is 32.6 Å². The largest absolute Gasteiger partial charge is 0.328 e. The van der Waals surface area contributed by atoms with Crippen molar-refractivity contribution in [2.75, 3.05) is 0 Å². The molecule has 1 aliphatic rings. The lowest BCUT2D eigenvalue weighted by Gasteiger charge is -2.14. The molecule has 3 aromatic heterocycles. The van der Waals surface area contributed by atoms with Gasteiger partial charge in [0.15, 0.2) is 10.8 Å². The quantitative estimate of drug-likeness (QED) is 0.808. The lowest BCUT2D eigenvalue weighted by molar-refractivity contribution is 0.651. The SMILES string of the molecule is CC(N)Cc1c(-n2cnc3c2CCCC3)nc2sccn12. The van der Waals surface area contributed by atoms with Crippen molar-refractivity contribution in [1.29, 1.82) is 0 Å². The second kappa shape index (κ2) is 4.96. The van der Waals surface area contributed by atoms with Crippen LogP contribution in [0.2, 0.25) is 0 Å². The molecule has 5 nitrogen and oxygen atoms in total. The van der Waals surface area contributed by atoms with Crippen LogP contribution in [0.15, 0.2) is 17.9 Å². The van der Waals surface area contributed by atoms with Crippen LogP contribution in [0.3, 0.4) is 0 Å². The molecule has 6 heteroatoms. The molecule has 0 saturated carbocycles. The normalized spacial score (nSPS) is 16.3. The van der Waals surface area contributed by atoms with Gasteiger partial charge in [-0.2, -0.15) is 0 Å². The van der Waals surface area contributed by atoms with Crippen molar-refractivity contribution in [3.05, 3.63) is 35.0 Å². The number of hydrogen-bond donors (Lipinski definition) is 1. The van der Waals surface area contributed by atoms with Crippen LogP contribution in [0.4, 0.5) is 0 Å². The molecule has 1 unspecified atom stereocenters. The van der Waals surface area contributed by atoms with E-state index < -0.39 is 0 Å². The molecular weight excluding hydrogens is 282 g/mol. The Morgan fingerprint density at radius 3 is 3.10 bits per heavy atom. The topological polar surface area (TPSA) is 61.1 Å². The van der Waals surface area contributed by atoms with E-state index in [4.69, 9.17) is 10.7 Å². The molecule has 1 aliphatic carbocycles. The zero-order valence-electron chi connectivity index (χ0n) is 12.1. The Labute approximate surface area is 127 Å². The van der Waals surface area contributed by atoms with Crippen molar-refractivity contribution in [2.45, 2.75) is 45.1 Å². The highest BCUT2D eigenvalue weighted by atomic mass is 32.1. The first-order chi connectivity index (χ1) is 10.2. The average molecular weight is 301 g/mol. The van der Waals surface area contributed by atoms with Crippen molar-refractivity contribution in [2.24, 2.45) is 5.73 Å². The Morgan fingerprint density at radius 1 is 1.38 bits per heavy atom. The Hall–Kier alpha value is -1.66. The molecule has 0 amide bonds. The van der Waals surface area contributed by atoms with E-state index >= 15 is 0 Å². The summed E-state index contributed by atoms with van der Waals surface area (Å²) in [7, 11) is 0. The number of fused-ring (bicyclic) bond motifs is 2. The minimum atomic E-state index is 0.114. The van der Waals surface area contributed by atoms with Gasteiger partial charge in [0.25, 0.3) is 0 Å². The number of rotatable bonds is 3. The third-order valence-corrected chi connectivity index (χ3v) is 4.87. The van der Waals surface area contributed by atoms with Crippen molar-refractivity contribution in [3.8, 4) is 5.82 Å². The van der Waals surface area contributed by atoms with Crippen LogP contribution in [0.1, 0.15) is 36.8 Å². The number of nitrogens with two attached hydrogens (primary N) is 1. The maximum atomic E-state index is 6.04. The minimum absolute atomic E-state index is 0.114. The van der Waals surface area contributed by atoms with Gasteiger partial charge < -0.3 is 5.73 Å². The molecule has 110 valence electrons. The van der Waals surface area contributed by atoms with Crippen LogP contribution in [-0.2, 0) is 19.3 Å². The second-order valence-electron chi connectivity index (χ2n) is 5.83. The number of nitrogens with zero attached hydrogens (tertiary/aromatic N) is 4. The Kier molecular flexibility index (Phi) is 3.08. The van der Waals surface area contributed by atoms with Gasteiger partial charge >= 0.3 is 0 Å². The maximum absolute atomic E-state index is 6.04. The fourth-order valence-electron chi connectivity index (χ4n) is 3.16. The molecule has 3 heterocycles. The summed E-state index contributed by atoms with van der Waals surface area (Å²) >= 11 is 1.66. The summed E-state index contributed by atoms with van der Waals surface area (Å²) < 4.78 is 4.35. The zero-order chi connectivity index (χ0) is 14.4. The second-order valence-corrected chi connectivity index (χ2v) is 6.71. The van der Waals surface area contributed by atoms with E-state index in [0.717, 1.165) is 30.0 Å². The van der Waals surface area contributed by atoms with Crippen LogP contribution >= 0.6 is 11.3 Å². The van der Waals surface area contributed by atoms with E-state index in [9.17, 15) is 0 Å². The summed E-state index contributed by atoms with van der Waals surface area (Å²) in [5.41, 5.74) is 9.80. The highest BCUT2D eigenvalue weighted by Crippen LogP contribution is 2.27. The summed E-state index contributed by atoms with van der Waals surface area (Å²) in [6.45, 7) is 2.04. The van der Waals surface area contributed by atoms with Gasteiger partial charge in [0.05, 0.1) is 11.4 Å². The summed E-state index contributed by atoms with van der Waals surface area (Å²) in [5.74, 6) is 1.01. The van der Waals surface area contributed by atoms with Gasteiger partial charge in [-0.3, -0.25) is 8.97 Å². The first-order valence-electron chi connectivity index (χ1n) is 7.49. The van der Waals surface area contributed by atoms with E-state index in [2.05, 4.69) is 25.5 Å². The molecule has 2 N–H and O–H groups in total. The zero-order valence-corrected chi connectivity index (χ0v) is 12.9. The number of aryl methyl sites for hydroxylation is 1. The van der Waals surface area contributed by atoms with Crippen molar-refractivity contribution in [1.82, 2.24) is 18.9 Å². The monoisotopic (exact) mass is 301 g/mol. The molecule has 0 aromatic carbocycles. The van der Waals surface area contributed by atoms with Gasteiger partial charge in [0.2, 0.25) is 0 Å². The van der Waals surface area contributed by atoms with Gasteiger partial charge in [-0.15, -0.1) is 11.3 Å². The summed E-state index contributed by atoms with van der Waals surface area (Å²) in [5, 5.41) is 2.07. The molecule has 3 aromatic rings. The molecule has 1 atom stereocenters. The molecule has 21 heavy (non-hydrogen) atoms. The van der Waals surface area contributed by atoms with Crippen LogP contribution in [0, 0.1) is 0 Å². The fourth-order valence-corrected chi connectivity index (χ4v) is 3.89. The number of aromatic nitrogens is 4. The molecule has 0 saturated heterocycles. The molecule has 0 radical (unpaired) electrons. The van der Waals surface area contributed by atoms with Crippen LogP contribution in [-0.4, -0.2) is 25.0 Å². The van der Waals surface area contributed by atoms with E-state index in [1.807, 2.05) is 13.3 Å². The molecule has 0 fully saturated rings. The lowest BCUT2D eigenvalue weighted by Crippen LogP contribution is -2.20. The van der Waals surface area contributed by atoms with Gasteiger partial charge in [-0.25, -0.2) is 9.97 Å². The minimum Gasteiger partial charge on any atom is -0.328 e. The lowest BCUT2D eigenvalue weighted by atomic mass is 10.0. The first-order valence-corrected chi connectivity index (χ1v) is 8.37. The van der Waals surface area contributed by atoms with Crippen molar-refractivity contribution < 1.29 is 0 Å². The Balaban J connectivity index is 1.89. The van der Waals surface area contributed by atoms with Crippen LogP contribution in [0.5, 0.6) is 0 Å². The Morgan fingerprint density at radius 2 is 2.24 bits per heavy atom. The smallest absolute Gasteiger partial charge is 0.195 e. The molecule has 0 spiro atoms. The number of hydrogen-bond acceptors (Lipinski definition) is 4. The highest BCUT2D eigenvalue weighted by Gasteiger charge is 2.21. The van der Waals surface area contributed by atoms with Crippen LogP contribution in [0.25, 0.3) is 10.8 Å². The Bertz CT molecular complexity index is 779. The van der Waals surface area contributed by atoms with Crippen LogP contribution < -0.4 is 5.73 Å². The van der Waals surface area contributed by atoms with Gasteiger partial charge in [0.1, 0.15) is 6.33 Å². The van der Waals surface area contributed by atoms with Crippen molar-refractivity contribution >= 4 is 16.3 Å². The van der Waals surface area contributed by atoms with E-state index in [1.165, 1.54) is 29.9 Å². The van der Waals surface area contributed by atoms with E-state index in [1.54, 1.807) is 11.3 Å². The molecule has 4 rings (SSSR count). The highest BCUT2D eigenvalue weighted by molar-refractivity contribution is 7.15. The third-order valence-electron chi connectivity index (χ3n) is 4.11. The first kappa shape index (κ1) is 13.0. The standard InChI is InChI=1S/C15H19N5S/c1-10(16)8-13-14(18-15-19(13)6-7-21-15)20-9-17-11-4-2-3-5-12(11)20/h6-7,9-10H,2-5,8,16H2,1H3. The number of imidazole rings is 2. The summed E-state index contributed by atoms with van der Waals surface area (Å²) in [6.07, 6.45) is 9.51.